The molecule has 0 aromatic rings. The van der Waals surface area contributed by atoms with Gasteiger partial charge in [0.25, 0.3) is 0 Å². The van der Waals surface area contributed by atoms with E-state index in [0.717, 1.165) is 19.3 Å². The largest absolute Gasteiger partial charge is 0.480 e. The molecule has 1 unspecified atom stereocenters. The zero-order valence-corrected chi connectivity index (χ0v) is 12.2. The van der Waals surface area contributed by atoms with Crippen LogP contribution in [0.3, 0.4) is 0 Å². The Labute approximate surface area is 116 Å². The quantitative estimate of drug-likeness (QED) is 0.506. The summed E-state index contributed by atoms with van der Waals surface area (Å²) < 4.78 is 0. The van der Waals surface area contributed by atoms with E-state index in [2.05, 4.69) is 17.6 Å². The van der Waals surface area contributed by atoms with E-state index in [0.29, 0.717) is 13.0 Å². The number of rotatable bonds is 11. The molecule has 112 valence electrons. The Balaban J connectivity index is 3.60. The van der Waals surface area contributed by atoms with Gasteiger partial charge in [0.1, 0.15) is 6.04 Å². The van der Waals surface area contributed by atoms with Gasteiger partial charge in [-0.1, -0.05) is 52.4 Å². The van der Waals surface area contributed by atoms with Crippen molar-refractivity contribution in [3.63, 3.8) is 0 Å². The standard InChI is InChI=1S/C14H28N2O3/c1-3-5-6-7-8-9-11-15-14(19)16-12(10-4-2)13(17)18/h12H,3-11H2,1-2H3,(H,17,18)(H2,15,16,19). The summed E-state index contributed by atoms with van der Waals surface area (Å²) in [5, 5.41) is 14.1. The monoisotopic (exact) mass is 272 g/mol. The van der Waals surface area contributed by atoms with Crippen molar-refractivity contribution in [3.8, 4) is 0 Å². The van der Waals surface area contributed by atoms with Crippen molar-refractivity contribution in [2.75, 3.05) is 6.54 Å². The molecule has 0 aliphatic rings. The van der Waals surface area contributed by atoms with Gasteiger partial charge in [0.15, 0.2) is 0 Å². The van der Waals surface area contributed by atoms with Gasteiger partial charge >= 0.3 is 12.0 Å². The molecule has 0 saturated heterocycles. The first-order valence-corrected chi connectivity index (χ1v) is 7.39. The van der Waals surface area contributed by atoms with Crippen molar-refractivity contribution in [1.82, 2.24) is 10.6 Å². The van der Waals surface area contributed by atoms with Gasteiger partial charge in [-0.15, -0.1) is 0 Å². The molecule has 2 amide bonds. The first-order valence-electron chi connectivity index (χ1n) is 7.39. The van der Waals surface area contributed by atoms with Crippen LogP contribution in [0.1, 0.15) is 65.2 Å². The summed E-state index contributed by atoms with van der Waals surface area (Å²) in [6.45, 7) is 4.68. The molecule has 0 fully saturated rings. The van der Waals surface area contributed by atoms with E-state index >= 15 is 0 Å². The molecule has 5 heteroatoms. The van der Waals surface area contributed by atoms with Crippen molar-refractivity contribution in [3.05, 3.63) is 0 Å². The number of unbranched alkanes of at least 4 members (excludes halogenated alkanes) is 5. The van der Waals surface area contributed by atoms with Gasteiger partial charge in [0.2, 0.25) is 0 Å². The summed E-state index contributed by atoms with van der Waals surface area (Å²) in [7, 11) is 0. The van der Waals surface area contributed by atoms with Crippen molar-refractivity contribution in [1.29, 1.82) is 0 Å². The van der Waals surface area contributed by atoms with Crippen LogP contribution < -0.4 is 10.6 Å². The smallest absolute Gasteiger partial charge is 0.326 e. The van der Waals surface area contributed by atoms with Crippen LogP contribution >= 0.6 is 0 Å². The van der Waals surface area contributed by atoms with Gasteiger partial charge in [-0.05, 0) is 12.8 Å². The van der Waals surface area contributed by atoms with Crippen molar-refractivity contribution in [2.24, 2.45) is 0 Å². The number of urea groups is 1. The third-order valence-corrected chi connectivity index (χ3v) is 3.00. The van der Waals surface area contributed by atoms with Crippen molar-refractivity contribution in [2.45, 2.75) is 71.3 Å². The Morgan fingerprint density at radius 2 is 1.63 bits per heavy atom. The van der Waals surface area contributed by atoms with Crippen LogP contribution in [0.4, 0.5) is 4.79 Å². The summed E-state index contributed by atoms with van der Waals surface area (Å²) in [6.07, 6.45) is 8.19. The zero-order chi connectivity index (χ0) is 14.5. The van der Waals surface area contributed by atoms with Crippen molar-refractivity contribution >= 4 is 12.0 Å². The highest BCUT2D eigenvalue weighted by atomic mass is 16.4. The minimum atomic E-state index is -0.975. The number of carbonyl (C=O) groups is 2. The summed E-state index contributed by atoms with van der Waals surface area (Å²) in [4.78, 5) is 22.3. The summed E-state index contributed by atoms with van der Waals surface area (Å²) >= 11 is 0. The molecular formula is C14H28N2O3. The molecule has 19 heavy (non-hydrogen) atoms. The lowest BCUT2D eigenvalue weighted by molar-refractivity contribution is -0.139. The van der Waals surface area contributed by atoms with E-state index in [9.17, 15) is 9.59 Å². The Morgan fingerprint density at radius 1 is 1.00 bits per heavy atom. The fraction of sp³-hybridized carbons (Fsp3) is 0.857. The Bertz CT molecular complexity index is 257. The maximum absolute atomic E-state index is 11.5. The molecule has 0 aromatic carbocycles. The number of carboxylic acid groups (broad SMARTS) is 1. The second kappa shape index (κ2) is 11.8. The molecule has 0 heterocycles. The van der Waals surface area contributed by atoms with E-state index in [1.54, 1.807) is 0 Å². The number of amides is 2. The van der Waals surface area contributed by atoms with Gasteiger partial charge in [-0.3, -0.25) is 0 Å². The maximum Gasteiger partial charge on any atom is 0.326 e. The number of carboxylic acids is 1. The topological polar surface area (TPSA) is 78.4 Å². The van der Waals surface area contributed by atoms with E-state index in [1.165, 1.54) is 25.7 Å². The minimum Gasteiger partial charge on any atom is -0.480 e. The molecule has 0 spiro atoms. The average Bonchev–Trinajstić information content (AvgIpc) is 2.37. The van der Waals surface area contributed by atoms with Crippen LogP contribution in [-0.4, -0.2) is 29.7 Å². The van der Waals surface area contributed by atoms with Crippen LogP contribution in [0.15, 0.2) is 0 Å². The molecule has 0 aliphatic carbocycles. The Morgan fingerprint density at radius 3 is 2.21 bits per heavy atom. The molecule has 3 N–H and O–H groups in total. The van der Waals surface area contributed by atoms with Crippen LogP contribution in [0.2, 0.25) is 0 Å². The zero-order valence-electron chi connectivity index (χ0n) is 12.2. The van der Waals surface area contributed by atoms with Crippen LogP contribution in [0, 0.1) is 0 Å². The molecular weight excluding hydrogens is 244 g/mol. The maximum atomic E-state index is 11.5. The molecule has 0 aromatic heterocycles. The van der Waals surface area contributed by atoms with Gasteiger partial charge in [0, 0.05) is 6.54 Å². The van der Waals surface area contributed by atoms with E-state index in [-0.39, 0.29) is 6.03 Å². The molecule has 0 bridgehead atoms. The molecule has 0 rings (SSSR count). The lowest BCUT2D eigenvalue weighted by atomic mass is 10.1. The second-order valence-corrected chi connectivity index (χ2v) is 4.85. The van der Waals surface area contributed by atoms with Gasteiger partial charge < -0.3 is 15.7 Å². The highest BCUT2D eigenvalue weighted by Crippen LogP contribution is 2.04. The molecule has 0 aliphatic heterocycles. The number of carbonyl (C=O) groups excluding carboxylic acids is 1. The fourth-order valence-electron chi connectivity index (χ4n) is 1.86. The molecule has 5 nitrogen and oxygen atoms in total. The third-order valence-electron chi connectivity index (χ3n) is 3.00. The Kier molecular flexibility index (Phi) is 11.0. The molecule has 1 atom stereocenters. The first kappa shape index (κ1) is 17.7. The normalized spacial score (nSPS) is 11.9. The lowest BCUT2D eigenvalue weighted by Gasteiger charge is -2.14. The summed E-state index contributed by atoms with van der Waals surface area (Å²) in [5.41, 5.74) is 0. The summed E-state index contributed by atoms with van der Waals surface area (Å²) in [6, 6.07) is -1.16. The highest BCUT2D eigenvalue weighted by molar-refractivity contribution is 5.82. The lowest BCUT2D eigenvalue weighted by Crippen LogP contribution is -2.46. The fourth-order valence-corrected chi connectivity index (χ4v) is 1.86. The van der Waals surface area contributed by atoms with E-state index < -0.39 is 12.0 Å². The van der Waals surface area contributed by atoms with E-state index in [4.69, 9.17) is 5.11 Å². The molecule has 0 radical (unpaired) electrons. The predicted molar refractivity (Wildman–Crippen MR) is 76.2 cm³/mol. The SMILES string of the molecule is CCCCCCCCNC(=O)NC(CCC)C(=O)O. The number of hydrogen-bond acceptors (Lipinski definition) is 2. The van der Waals surface area contributed by atoms with Crippen LogP contribution in [0.25, 0.3) is 0 Å². The van der Waals surface area contributed by atoms with Crippen LogP contribution in [-0.2, 0) is 4.79 Å². The second-order valence-electron chi connectivity index (χ2n) is 4.85. The number of aliphatic carboxylic acids is 1. The Hall–Kier alpha value is -1.26. The average molecular weight is 272 g/mol. The van der Waals surface area contributed by atoms with E-state index in [1.807, 2.05) is 6.92 Å². The van der Waals surface area contributed by atoms with Gasteiger partial charge in [0.05, 0.1) is 0 Å². The van der Waals surface area contributed by atoms with Crippen LogP contribution in [0.5, 0.6) is 0 Å². The van der Waals surface area contributed by atoms with Crippen molar-refractivity contribution < 1.29 is 14.7 Å². The first-order chi connectivity index (χ1) is 9.11. The summed E-state index contributed by atoms with van der Waals surface area (Å²) in [5.74, 6) is -0.975. The third kappa shape index (κ3) is 10.4. The minimum absolute atomic E-state index is 0.380. The van der Waals surface area contributed by atoms with Gasteiger partial charge in [-0.2, -0.15) is 0 Å². The predicted octanol–water partition coefficient (Wildman–Crippen LogP) is 2.90. The number of nitrogens with one attached hydrogen (secondary N) is 2. The molecule has 0 saturated carbocycles. The number of hydrogen-bond donors (Lipinski definition) is 3. The van der Waals surface area contributed by atoms with Gasteiger partial charge in [-0.25, -0.2) is 9.59 Å². The highest BCUT2D eigenvalue weighted by Gasteiger charge is 2.18.